The monoisotopic (exact) mass is 424 g/mol. The summed E-state index contributed by atoms with van der Waals surface area (Å²) in [5, 5.41) is 0. The van der Waals surface area contributed by atoms with Gasteiger partial charge >= 0.3 is 11.9 Å². The zero-order valence-electron chi connectivity index (χ0n) is 15.5. The van der Waals surface area contributed by atoms with Crippen molar-refractivity contribution in [1.82, 2.24) is 0 Å². The van der Waals surface area contributed by atoms with Crippen LogP contribution in [-0.2, 0) is 14.3 Å². The van der Waals surface area contributed by atoms with Crippen LogP contribution in [0.2, 0.25) is 0 Å². The molecule has 1 fully saturated rings. The van der Waals surface area contributed by atoms with E-state index in [1.807, 2.05) is 12.1 Å². The zero-order valence-corrected chi connectivity index (χ0v) is 17.1. The summed E-state index contributed by atoms with van der Waals surface area (Å²) in [7, 11) is 0. The molecule has 4 nitrogen and oxygen atoms in total. The van der Waals surface area contributed by atoms with E-state index in [1.165, 1.54) is 19.3 Å². The van der Waals surface area contributed by atoms with Crippen LogP contribution in [0.5, 0.6) is 5.75 Å². The Hall–Kier alpha value is -1.36. The molecule has 0 bridgehead atoms. The summed E-state index contributed by atoms with van der Waals surface area (Å²) in [6.45, 7) is 2.63. The minimum atomic E-state index is -0.403. The molecule has 0 saturated heterocycles. The quantitative estimate of drug-likeness (QED) is 0.290. The normalized spacial score (nSPS) is 19.8. The number of esters is 2. The summed E-state index contributed by atoms with van der Waals surface area (Å²) in [6, 6.07) is 7.14. The second kappa shape index (κ2) is 11.4. The van der Waals surface area contributed by atoms with E-state index in [9.17, 15) is 9.59 Å². The van der Waals surface area contributed by atoms with E-state index < -0.39 is 5.92 Å². The average molecular weight is 425 g/mol. The first-order valence-corrected chi connectivity index (χ1v) is 10.5. The van der Waals surface area contributed by atoms with Gasteiger partial charge in [-0.3, -0.25) is 9.59 Å². The topological polar surface area (TPSA) is 52.6 Å². The molecule has 0 N–H and O–H groups in total. The Morgan fingerprint density at radius 3 is 2.23 bits per heavy atom. The van der Waals surface area contributed by atoms with E-state index in [0.717, 1.165) is 30.2 Å². The molecule has 1 aliphatic rings. The van der Waals surface area contributed by atoms with Crippen molar-refractivity contribution in [2.75, 3.05) is 6.61 Å². The van der Waals surface area contributed by atoms with Crippen molar-refractivity contribution in [2.45, 2.75) is 64.7 Å². The van der Waals surface area contributed by atoms with Crippen LogP contribution in [0, 0.1) is 11.8 Å². The molecule has 1 aliphatic carbocycles. The highest BCUT2D eigenvalue weighted by Gasteiger charge is 2.38. The molecule has 144 valence electrons. The SMILES string of the molecule is CCCCCCCOC(=O)C1CCCCC1C(=O)Oc1ccc(Br)cc1. The number of carbonyl (C=O) groups excluding carboxylic acids is 2. The van der Waals surface area contributed by atoms with Gasteiger partial charge in [0.2, 0.25) is 0 Å². The highest BCUT2D eigenvalue weighted by atomic mass is 79.9. The van der Waals surface area contributed by atoms with Crippen LogP contribution in [0.15, 0.2) is 28.7 Å². The first-order chi connectivity index (χ1) is 12.6. The van der Waals surface area contributed by atoms with Crippen molar-refractivity contribution < 1.29 is 19.1 Å². The molecule has 2 unspecified atom stereocenters. The maximum absolute atomic E-state index is 12.6. The summed E-state index contributed by atoms with van der Waals surface area (Å²) in [4.78, 5) is 25.0. The van der Waals surface area contributed by atoms with Crippen LogP contribution < -0.4 is 4.74 Å². The van der Waals surface area contributed by atoms with Gasteiger partial charge in [0.05, 0.1) is 18.4 Å². The van der Waals surface area contributed by atoms with E-state index >= 15 is 0 Å². The summed E-state index contributed by atoms with van der Waals surface area (Å²) < 4.78 is 11.9. The highest BCUT2D eigenvalue weighted by molar-refractivity contribution is 9.10. The Bertz CT molecular complexity index is 570. The fraction of sp³-hybridized carbons (Fsp3) is 0.619. The lowest BCUT2D eigenvalue weighted by molar-refractivity contribution is -0.158. The largest absolute Gasteiger partial charge is 0.465 e. The van der Waals surface area contributed by atoms with Crippen LogP contribution >= 0.6 is 15.9 Å². The first-order valence-electron chi connectivity index (χ1n) is 9.75. The van der Waals surface area contributed by atoms with Crippen LogP contribution in [0.25, 0.3) is 0 Å². The van der Waals surface area contributed by atoms with Crippen LogP contribution in [0.1, 0.15) is 64.7 Å². The van der Waals surface area contributed by atoms with E-state index in [-0.39, 0.29) is 17.9 Å². The molecule has 0 radical (unpaired) electrons. The number of hydrogen-bond donors (Lipinski definition) is 0. The molecule has 1 aromatic carbocycles. The van der Waals surface area contributed by atoms with E-state index in [1.54, 1.807) is 12.1 Å². The highest BCUT2D eigenvalue weighted by Crippen LogP contribution is 2.32. The lowest BCUT2D eigenvalue weighted by Crippen LogP contribution is -2.36. The standard InChI is InChI=1S/C21H29BrO4/c1-2-3-4-5-8-15-25-20(23)18-9-6-7-10-19(18)21(24)26-17-13-11-16(22)12-14-17/h11-14,18-19H,2-10,15H2,1H3. The van der Waals surface area contributed by atoms with Gasteiger partial charge in [0.1, 0.15) is 5.75 Å². The van der Waals surface area contributed by atoms with Gasteiger partial charge in [0, 0.05) is 4.47 Å². The molecule has 0 spiro atoms. The zero-order chi connectivity index (χ0) is 18.8. The summed E-state index contributed by atoms with van der Waals surface area (Å²) in [5.74, 6) is -0.830. The Morgan fingerprint density at radius 1 is 0.962 bits per heavy atom. The maximum atomic E-state index is 12.6. The predicted molar refractivity (Wildman–Crippen MR) is 105 cm³/mol. The Balaban J connectivity index is 1.84. The number of benzene rings is 1. The van der Waals surface area contributed by atoms with E-state index in [2.05, 4.69) is 22.9 Å². The van der Waals surface area contributed by atoms with Gasteiger partial charge in [-0.15, -0.1) is 0 Å². The first kappa shape index (κ1) is 20.9. The van der Waals surface area contributed by atoms with Crippen molar-refractivity contribution in [3.05, 3.63) is 28.7 Å². The number of ether oxygens (including phenoxy) is 2. The summed E-state index contributed by atoms with van der Waals surface area (Å²) in [6.07, 6.45) is 8.87. The van der Waals surface area contributed by atoms with Gasteiger partial charge in [-0.25, -0.2) is 0 Å². The van der Waals surface area contributed by atoms with Crippen LogP contribution in [0.3, 0.4) is 0 Å². The molecule has 1 saturated carbocycles. The van der Waals surface area contributed by atoms with E-state index in [4.69, 9.17) is 9.47 Å². The number of hydrogen-bond acceptors (Lipinski definition) is 4. The molecule has 0 amide bonds. The lowest BCUT2D eigenvalue weighted by Gasteiger charge is -2.28. The van der Waals surface area contributed by atoms with Crippen molar-refractivity contribution in [2.24, 2.45) is 11.8 Å². The van der Waals surface area contributed by atoms with Gasteiger partial charge in [0.25, 0.3) is 0 Å². The van der Waals surface area contributed by atoms with Gasteiger partial charge in [-0.1, -0.05) is 61.4 Å². The molecule has 1 aromatic rings. The fourth-order valence-corrected chi connectivity index (χ4v) is 3.64. The average Bonchev–Trinajstić information content (AvgIpc) is 2.66. The third-order valence-electron chi connectivity index (χ3n) is 4.90. The van der Waals surface area contributed by atoms with Gasteiger partial charge in [0.15, 0.2) is 0 Å². The van der Waals surface area contributed by atoms with Crippen molar-refractivity contribution in [3.8, 4) is 5.75 Å². The Labute approximate surface area is 164 Å². The number of unbranched alkanes of at least 4 members (excludes halogenated alkanes) is 4. The van der Waals surface area contributed by atoms with Crippen LogP contribution in [-0.4, -0.2) is 18.5 Å². The predicted octanol–water partition coefficient (Wildman–Crippen LogP) is 5.67. The molecule has 0 aromatic heterocycles. The third kappa shape index (κ3) is 6.75. The molecular formula is C21H29BrO4. The van der Waals surface area contributed by atoms with Crippen LogP contribution in [0.4, 0.5) is 0 Å². The van der Waals surface area contributed by atoms with Gasteiger partial charge < -0.3 is 9.47 Å². The number of rotatable bonds is 9. The molecule has 26 heavy (non-hydrogen) atoms. The maximum Gasteiger partial charge on any atom is 0.315 e. The minimum Gasteiger partial charge on any atom is -0.465 e. The number of carbonyl (C=O) groups is 2. The molecule has 5 heteroatoms. The van der Waals surface area contributed by atoms with Gasteiger partial charge in [-0.2, -0.15) is 0 Å². The lowest BCUT2D eigenvalue weighted by atomic mass is 9.79. The molecule has 0 heterocycles. The molecular weight excluding hydrogens is 396 g/mol. The second-order valence-electron chi connectivity index (χ2n) is 6.95. The van der Waals surface area contributed by atoms with Crippen molar-refractivity contribution in [3.63, 3.8) is 0 Å². The summed E-state index contributed by atoms with van der Waals surface area (Å²) >= 11 is 3.36. The van der Waals surface area contributed by atoms with Crippen molar-refractivity contribution >= 4 is 27.9 Å². The van der Waals surface area contributed by atoms with E-state index in [0.29, 0.717) is 25.2 Å². The minimum absolute atomic E-state index is 0.238. The Kier molecular flexibility index (Phi) is 9.16. The Morgan fingerprint density at radius 2 is 1.58 bits per heavy atom. The molecule has 0 aliphatic heterocycles. The summed E-state index contributed by atoms with van der Waals surface area (Å²) in [5.41, 5.74) is 0. The fourth-order valence-electron chi connectivity index (χ4n) is 3.37. The number of halogens is 1. The molecule has 2 rings (SSSR count). The van der Waals surface area contributed by atoms with Gasteiger partial charge in [-0.05, 0) is 43.5 Å². The smallest absolute Gasteiger partial charge is 0.315 e. The van der Waals surface area contributed by atoms with Crippen molar-refractivity contribution in [1.29, 1.82) is 0 Å². The third-order valence-corrected chi connectivity index (χ3v) is 5.42. The molecule has 2 atom stereocenters. The second-order valence-corrected chi connectivity index (χ2v) is 7.87.